The molecule has 0 fully saturated rings. The van der Waals surface area contributed by atoms with Gasteiger partial charge in [0.15, 0.2) is 0 Å². The molecular weight excluding hydrogens is 226 g/mol. The minimum absolute atomic E-state index is 0.739. The van der Waals surface area contributed by atoms with Crippen LogP contribution in [0.2, 0.25) is 0 Å². The van der Waals surface area contributed by atoms with E-state index in [1.165, 1.54) is 5.56 Å². The van der Waals surface area contributed by atoms with Crippen molar-refractivity contribution >= 4 is 0 Å². The van der Waals surface area contributed by atoms with E-state index in [1.54, 1.807) is 25.7 Å². The molecule has 0 saturated heterocycles. The fourth-order valence-corrected chi connectivity index (χ4v) is 1.77. The fourth-order valence-electron chi connectivity index (χ4n) is 1.77. The Morgan fingerprint density at radius 2 is 2.11 bits per heavy atom. The predicted octanol–water partition coefficient (Wildman–Crippen LogP) is 1.82. The van der Waals surface area contributed by atoms with Crippen LogP contribution in [0.5, 0.6) is 5.75 Å². The van der Waals surface area contributed by atoms with Gasteiger partial charge in [-0.3, -0.25) is 9.97 Å². The van der Waals surface area contributed by atoms with E-state index in [1.807, 2.05) is 18.2 Å². The molecule has 0 saturated carbocycles. The lowest BCUT2D eigenvalue weighted by Crippen LogP contribution is -2.17. The Balaban J connectivity index is 1.78. The van der Waals surface area contributed by atoms with E-state index < -0.39 is 0 Å². The van der Waals surface area contributed by atoms with Gasteiger partial charge in [0.05, 0.1) is 12.8 Å². The molecule has 0 aliphatic heterocycles. The normalized spacial score (nSPS) is 10.3. The first-order valence-corrected chi connectivity index (χ1v) is 5.97. The lowest BCUT2D eigenvalue weighted by Gasteiger charge is -2.08. The highest BCUT2D eigenvalue weighted by Gasteiger charge is 2.00. The Morgan fingerprint density at radius 3 is 2.89 bits per heavy atom. The molecule has 0 atom stereocenters. The third kappa shape index (κ3) is 3.53. The van der Waals surface area contributed by atoms with Gasteiger partial charge < -0.3 is 10.1 Å². The maximum Gasteiger partial charge on any atom is 0.122 e. The molecule has 0 amide bonds. The molecule has 0 unspecified atom stereocenters. The number of nitrogens with zero attached hydrogens (tertiary/aromatic N) is 2. The van der Waals surface area contributed by atoms with E-state index in [0.717, 1.165) is 31.0 Å². The Hall–Kier alpha value is -1.94. The summed E-state index contributed by atoms with van der Waals surface area (Å²) in [7, 11) is 1.70. The molecule has 4 nitrogen and oxygen atoms in total. The van der Waals surface area contributed by atoms with Crippen molar-refractivity contribution in [3.63, 3.8) is 0 Å². The molecule has 0 bridgehead atoms. The number of para-hydroxylation sites is 1. The standard InChI is InChI=1S/C14H17N3O/c1-18-14-5-3-2-4-12(14)6-7-15-10-13-11-16-8-9-17-13/h2-5,8-9,11,15H,6-7,10H2,1H3. The molecule has 1 N–H and O–H groups in total. The summed E-state index contributed by atoms with van der Waals surface area (Å²) in [4.78, 5) is 8.23. The van der Waals surface area contributed by atoms with Crippen molar-refractivity contribution in [1.82, 2.24) is 15.3 Å². The maximum absolute atomic E-state index is 5.31. The number of hydrogen-bond donors (Lipinski definition) is 1. The molecule has 0 aliphatic rings. The van der Waals surface area contributed by atoms with Gasteiger partial charge in [0.1, 0.15) is 5.75 Å². The third-order valence-corrected chi connectivity index (χ3v) is 2.69. The predicted molar refractivity (Wildman–Crippen MR) is 70.4 cm³/mol. The maximum atomic E-state index is 5.31. The second kappa shape index (κ2) is 6.71. The van der Waals surface area contributed by atoms with Crippen molar-refractivity contribution in [1.29, 1.82) is 0 Å². The summed E-state index contributed by atoms with van der Waals surface area (Å²) in [5.74, 6) is 0.943. The van der Waals surface area contributed by atoms with Gasteiger partial charge in [-0.2, -0.15) is 0 Å². The monoisotopic (exact) mass is 243 g/mol. The number of nitrogens with one attached hydrogen (secondary N) is 1. The largest absolute Gasteiger partial charge is 0.496 e. The van der Waals surface area contributed by atoms with Gasteiger partial charge in [-0.1, -0.05) is 18.2 Å². The molecule has 2 rings (SSSR count). The van der Waals surface area contributed by atoms with E-state index >= 15 is 0 Å². The first kappa shape index (κ1) is 12.5. The summed E-state index contributed by atoms with van der Waals surface area (Å²) in [6.45, 7) is 1.62. The van der Waals surface area contributed by atoms with E-state index in [-0.39, 0.29) is 0 Å². The Bertz CT molecular complexity index is 473. The summed E-state index contributed by atoms with van der Waals surface area (Å²) in [5.41, 5.74) is 2.17. The second-order valence-electron chi connectivity index (χ2n) is 3.94. The molecule has 0 aliphatic carbocycles. The van der Waals surface area contributed by atoms with Gasteiger partial charge in [0, 0.05) is 25.1 Å². The highest BCUT2D eigenvalue weighted by Crippen LogP contribution is 2.17. The Kier molecular flexibility index (Phi) is 4.67. The van der Waals surface area contributed by atoms with Crippen LogP contribution in [0.25, 0.3) is 0 Å². The summed E-state index contributed by atoms with van der Waals surface area (Å²) in [6, 6.07) is 8.08. The quantitative estimate of drug-likeness (QED) is 0.786. The molecule has 4 heteroatoms. The van der Waals surface area contributed by atoms with Gasteiger partial charge in [0.2, 0.25) is 0 Å². The van der Waals surface area contributed by atoms with Crippen molar-refractivity contribution in [2.24, 2.45) is 0 Å². The SMILES string of the molecule is COc1ccccc1CCNCc1cnccn1. The van der Waals surface area contributed by atoms with E-state index in [2.05, 4.69) is 21.4 Å². The molecule has 1 aromatic heterocycles. The average Bonchev–Trinajstić information content (AvgIpc) is 2.45. The van der Waals surface area contributed by atoms with Crippen LogP contribution in [0.15, 0.2) is 42.9 Å². The van der Waals surface area contributed by atoms with E-state index in [4.69, 9.17) is 4.74 Å². The van der Waals surface area contributed by atoms with Gasteiger partial charge in [0.25, 0.3) is 0 Å². The highest BCUT2D eigenvalue weighted by molar-refractivity contribution is 5.33. The minimum Gasteiger partial charge on any atom is -0.496 e. The topological polar surface area (TPSA) is 47.0 Å². The lowest BCUT2D eigenvalue weighted by atomic mass is 10.1. The van der Waals surface area contributed by atoms with Crippen molar-refractivity contribution in [3.8, 4) is 5.75 Å². The molecule has 0 spiro atoms. The van der Waals surface area contributed by atoms with Crippen molar-refractivity contribution in [3.05, 3.63) is 54.1 Å². The van der Waals surface area contributed by atoms with Crippen LogP contribution in [0.1, 0.15) is 11.3 Å². The first-order valence-electron chi connectivity index (χ1n) is 5.97. The van der Waals surface area contributed by atoms with E-state index in [0.29, 0.717) is 0 Å². The van der Waals surface area contributed by atoms with Crippen molar-refractivity contribution < 1.29 is 4.74 Å². The van der Waals surface area contributed by atoms with Crippen LogP contribution in [0.4, 0.5) is 0 Å². The zero-order chi connectivity index (χ0) is 12.6. The fraction of sp³-hybridized carbons (Fsp3) is 0.286. The molecule has 1 heterocycles. The number of methoxy groups -OCH3 is 1. The number of hydrogen-bond acceptors (Lipinski definition) is 4. The molecule has 94 valence electrons. The smallest absolute Gasteiger partial charge is 0.122 e. The highest BCUT2D eigenvalue weighted by atomic mass is 16.5. The van der Waals surface area contributed by atoms with Crippen LogP contribution in [-0.4, -0.2) is 23.6 Å². The number of benzene rings is 1. The molecular formula is C14H17N3O. The summed E-state index contributed by atoms with van der Waals surface area (Å²) >= 11 is 0. The van der Waals surface area contributed by atoms with Gasteiger partial charge >= 0.3 is 0 Å². The van der Waals surface area contributed by atoms with Crippen LogP contribution >= 0.6 is 0 Å². The van der Waals surface area contributed by atoms with Crippen LogP contribution < -0.4 is 10.1 Å². The Labute approximate surface area is 107 Å². The summed E-state index contributed by atoms with van der Waals surface area (Å²) in [6.07, 6.45) is 6.09. The number of ether oxygens (including phenoxy) is 1. The number of aromatic nitrogens is 2. The zero-order valence-electron chi connectivity index (χ0n) is 10.5. The Morgan fingerprint density at radius 1 is 1.22 bits per heavy atom. The van der Waals surface area contributed by atoms with Gasteiger partial charge in [-0.05, 0) is 24.6 Å². The van der Waals surface area contributed by atoms with E-state index in [9.17, 15) is 0 Å². The lowest BCUT2D eigenvalue weighted by molar-refractivity contribution is 0.409. The molecule has 0 radical (unpaired) electrons. The van der Waals surface area contributed by atoms with Crippen molar-refractivity contribution in [2.75, 3.05) is 13.7 Å². The minimum atomic E-state index is 0.739. The third-order valence-electron chi connectivity index (χ3n) is 2.69. The summed E-state index contributed by atoms with van der Waals surface area (Å²) in [5, 5.41) is 3.34. The molecule has 1 aromatic carbocycles. The number of rotatable bonds is 6. The van der Waals surface area contributed by atoms with Gasteiger partial charge in [-0.15, -0.1) is 0 Å². The average molecular weight is 243 g/mol. The summed E-state index contributed by atoms with van der Waals surface area (Å²) < 4.78 is 5.31. The van der Waals surface area contributed by atoms with Crippen LogP contribution in [0.3, 0.4) is 0 Å². The second-order valence-corrected chi connectivity index (χ2v) is 3.94. The van der Waals surface area contributed by atoms with Gasteiger partial charge in [-0.25, -0.2) is 0 Å². The molecule has 18 heavy (non-hydrogen) atoms. The zero-order valence-corrected chi connectivity index (χ0v) is 10.5. The van der Waals surface area contributed by atoms with Crippen molar-refractivity contribution in [2.45, 2.75) is 13.0 Å². The molecule has 2 aromatic rings. The van der Waals surface area contributed by atoms with Crippen LogP contribution in [-0.2, 0) is 13.0 Å². The van der Waals surface area contributed by atoms with Crippen LogP contribution in [0, 0.1) is 0 Å². The first-order chi connectivity index (χ1) is 8.90.